The van der Waals surface area contributed by atoms with Gasteiger partial charge in [-0.1, -0.05) is 12.7 Å². The molecule has 1 aliphatic carbocycles. The predicted octanol–water partition coefficient (Wildman–Crippen LogP) is 1.78. The molecule has 0 radical (unpaired) electrons. The van der Waals surface area contributed by atoms with E-state index in [0.29, 0.717) is 29.3 Å². The number of rotatable bonds is 6. The minimum atomic E-state index is -0.736. The molecule has 1 aromatic rings. The highest BCUT2D eigenvalue weighted by Crippen LogP contribution is 2.44. The standard InChI is InChI=1S/C18H25N5O3S/c1-2-11-13(23(21)9-10-5-7-26-8-6-10)4-3-12-14(16(19)24)17(22-18(20)25)27-15(11)12/h2,10H,1,3-9,21H2,(H2,19,24)(H3,20,22,25). The maximum atomic E-state index is 12.0. The summed E-state index contributed by atoms with van der Waals surface area (Å²) in [6.45, 7) is 6.21. The first-order valence-corrected chi connectivity index (χ1v) is 9.71. The van der Waals surface area contributed by atoms with E-state index >= 15 is 0 Å². The van der Waals surface area contributed by atoms with Crippen LogP contribution in [0.3, 0.4) is 0 Å². The van der Waals surface area contributed by atoms with Crippen molar-refractivity contribution in [2.45, 2.75) is 25.7 Å². The van der Waals surface area contributed by atoms with E-state index < -0.39 is 11.9 Å². The van der Waals surface area contributed by atoms with Gasteiger partial charge < -0.3 is 21.2 Å². The molecule has 9 heteroatoms. The Labute approximate surface area is 162 Å². The van der Waals surface area contributed by atoms with Crippen molar-refractivity contribution in [1.82, 2.24) is 5.01 Å². The number of amides is 3. The van der Waals surface area contributed by atoms with Crippen LogP contribution in [0.1, 0.15) is 40.1 Å². The van der Waals surface area contributed by atoms with Crippen LogP contribution in [0.2, 0.25) is 0 Å². The van der Waals surface area contributed by atoms with Crippen molar-refractivity contribution in [3.63, 3.8) is 0 Å². The summed E-state index contributed by atoms with van der Waals surface area (Å²) in [6.07, 6.45) is 5.01. The topological polar surface area (TPSA) is 137 Å². The van der Waals surface area contributed by atoms with Crippen LogP contribution in [-0.2, 0) is 11.2 Å². The third-order valence-electron chi connectivity index (χ3n) is 5.00. The van der Waals surface area contributed by atoms with E-state index in [1.54, 1.807) is 11.1 Å². The number of hydrogen-bond donors (Lipinski definition) is 4. The SMILES string of the molecule is C=CC1=C(N(N)CC2CCOCC2)CCc2c1sc(NC(N)=O)c2C(N)=O. The number of thiophene rings is 1. The van der Waals surface area contributed by atoms with Crippen molar-refractivity contribution in [2.24, 2.45) is 23.2 Å². The molecule has 2 aliphatic rings. The molecule has 8 nitrogen and oxygen atoms in total. The second-order valence-corrected chi connectivity index (χ2v) is 7.76. The van der Waals surface area contributed by atoms with Crippen LogP contribution in [0.5, 0.6) is 0 Å². The third kappa shape index (κ3) is 4.00. The van der Waals surface area contributed by atoms with Gasteiger partial charge in [-0.15, -0.1) is 11.3 Å². The molecule has 1 saturated heterocycles. The Bertz CT molecular complexity index is 795. The highest BCUT2D eigenvalue weighted by Gasteiger charge is 2.30. The van der Waals surface area contributed by atoms with Gasteiger partial charge in [-0.25, -0.2) is 10.6 Å². The summed E-state index contributed by atoms with van der Waals surface area (Å²) in [5, 5.41) is 4.67. The Morgan fingerprint density at radius 1 is 1.30 bits per heavy atom. The number of anilines is 1. The lowest BCUT2D eigenvalue weighted by molar-refractivity contribution is 0.0562. The van der Waals surface area contributed by atoms with Crippen molar-refractivity contribution >= 4 is 33.8 Å². The van der Waals surface area contributed by atoms with E-state index in [4.69, 9.17) is 22.0 Å². The normalized spacial score (nSPS) is 17.4. The number of nitrogens with two attached hydrogens (primary N) is 3. The lowest BCUT2D eigenvalue weighted by Crippen LogP contribution is -2.38. The predicted molar refractivity (Wildman–Crippen MR) is 106 cm³/mol. The van der Waals surface area contributed by atoms with Crippen LogP contribution in [0.4, 0.5) is 9.80 Å². The molecule has 0 aromatic carbocycles. The van der Waals surface area contributed by atoms with Gasteiger partial charge in [0.05, 0.1) is 5.56 Å². The van der Waals surface area contributed by atoms with Gasteiger partial charge in [0.25, 0.3) is 5.91 Å². The number of hydrogen-bond acceptors (Lipinski definition) is 6. The van der Waals surface area contributed by atoms with Gasteiger partial charge in [-0.05, 0) is 37.2 Å². The number of fused-ring (bicyclic) bond motifs is 1. The molecule has 2 heterocycles. The monoisotopic (exact) mass is 391 g/mol. The van der Waals surface area contributed by atoms with Crippen LogP contribution < -0.4 is 22.6 Å². The maximum absolute atomic E-state index is 12.0. The van der Waals surface area contributed by atoms with Gasteiger partial charge in [0.1, 0.15) is 5.00 Å². The largest absolute Gasteiger partial charge is 0.381 e. The molecular weight excluding hydrogens is 366 g/mol. The Hall–Kier alpha value is -2.36. The molecule has 0 bridgehead atoms. The van der Waals surface area contributed by atoms with Crippen molar-refractivity contribution in [2.75, 3.05) is 25.1 Å². The quantitative estimate of drug-likeness (QED) is 0.433. The van der Waals surface area contributed by atoms with Gasteiger partial charge in [0, 0.05) is 35.9 Å². The number of nitrogens with zero attached hydrogens (tertiary/aromatic N) is 1. The Balaban J connectivity index is 1.95. The lowest BCUT2D eigenvalue weighted by atomic mass is 9.91. The lowest BCUT2D eigenvalue weighted by Gasteiger charge is -2.32. The van der Waals surface area contributed by atoms with Gasteiger partial charge in [-0.2, -0.15) is 0 Å². The number of primary amides is 2. The first kappa shape index (κ1) is 19.4. The second-order valence-electron chi connectivity index (χ2n) is 6.74. The fourth-order valence-corrected chi connectivity index (χ4v) is 5.04. The van der Waals surface area contributed by atoms with Crippen molar-refractivity contribution in [3.8, 4) is 0 Å². The highest BCUT2D eigenvalue weighted by molar-refractivity contribution is 7.18. The summed E-state index contributed by atoms with van der Waals surface area (Å²) in [6, 6.07) is -0.736. The van der Waals surface area contributed by atoms with Crippen LogP contribution in [0.15, 0.2) is 18.4 Å². The summed E-state index contributed by atoms with van der Waals surface area (Å²) in [5.41, 5.74) is 13.8. The number of ether oxygens (including phenoxy) is 1. The van der Waals surface area contributed by atoms with Crippen LogP contribution >= 0.6 is 11.3 Å². The fraction of sp³-hybridized carbons (Fsp3) is 0.444. The number of nitrogens with one attached hydrogen (secondary N) is 1. The van der Waals surface area contributed by atoms with Gasteiger partial charge >= 0.3 is 6.03 Å². The molecular formula is C18H25N5O3S. The van der Waals surface area contributed by atoms with E-state index in [2.05, 4.69) is 11.9 Å². The van der Waals surface area contributed by atoms with Gasteiger partial charge in [-0.3, -0.25) is 10.1 Å². The molecule has 27 heavy (non-hydrogen) atoms. The highest BCUT2D eigenvalue weighted by atomic mass is 32.1. The average molecular weight is 391 g/mol. The second kappa shape index (κ2) is 8.12. The van der Waals surface area contributed by atoms with Crippen LogP contribution in [-0.4, -0.2) is 36.7 Å². The molecule has 146 valence electrons. The zero-order valence-corrected chi connectivity index (χ0v) is 15.9. The zero-order valence-electron chi connectivity index (χ0n) is 15.1. The molecule has 3 amide bonds. The molecule has 1 fully saturated rings. The number of urea groups is 1. The van der Waals surface area contributed by atoms with Crippen LogP contribution in [0, 0.1) is 5.92 Å². The number of allylic oxidation sites excluding steroid dienone is 3. The van der Waals surface area contributed by atoms with Crippen molar-refractivity contribution in [3.05, 3.63) is 34.4 Å². The summed E-state index contributed by atoms with van der Waals surface area (Å²) in [5.74, 6) is 6.30. The van der Waals surface area contributed by atoms with Crippen LogP contribution in [0.25, 0.3) is 5.57 Å². The molecule has 0 spiro atoms. The molecule has 3 rings (SSSR count). The molecule has 7 N–H and O–H groups in total. The maximum Gasteiger partial charge on any atom is 0.317 e. The summed E-state index contributed by atoms with van der Waals surface area (Å²) in [7, 11) is 0. The molecule has 1 aromatic heterocycles. The molecule has 1 aliphatic heterocycles. The summed E-state index contributed by atoms with van der Waals surface area (Å²) >= 11 is 1.27. The Morgan fingerprint density at radius 2 is 2.00 bits per heavy atom. The first-order chi connectivity index (χ1) is 12.9. The Morgan fingerprint density at radius 3 is 2.59 bits per heavy atom. The first-order valence-electron chi connectivity index (χ1n) is 8.90. The number of hydrazine groups is 1. The summed E-state index contributed by atoms with van der Waals surface area (Å²) in [4.78, 5) is 24.1. The van der Waals surface area contributed by atoms with E-state index in [9.17, 15) is 9.59 Å². The van der Waals surface area contributed by atoms with Crippen molar-refractivity contribution in [1.29, 1.82) is 0 Å². The van der Waals surface area contributed by atoms with Crippen molar-refractivity contribution < 1.29 is 14.3 Å². The van der Waals surface area contributed by atoms with E-state index in [1.165, 1.54) is 11.3 Å². The molecule has 0 atom stereocenters. The summed E-state index contributed by atoms with van der Waals surface area (Å²) < 4.78 is 5.41. The average Bonchev–Trinajstić information content (AvgIpc) is 2.98. The van der Waals surface area contributed by atoms with E-state index in [1.807, 2.05) is 0 Å². The Kier molecular flexibility index (Phi) is 5.83. The minimum absolute atomic E-state index is 0.320. The van der Waals surface area contributed by atoms with E-state index in [0.717, 1.165) is 54.3 Å². The number of carbonyl (C=O) groups is 2. The fourth-order valence-electron chi connectivity index (χ4n) is 3.72. The third-order valence-corrected chi connectivity index (χ3v) is 6.18. The van der Waals surface area contributed by atoms with Gasteiger partial charge in [0.15, 0.2) is 0 Å². The smallest absolute Gasteiger partial charge is 0.317 e. The van der Waals surface area contributed by atoms with Gasteiger partial charge in [0.2, 0.25) is 0 Å². The zero-order chi connectivity index (χ0) is 19.6. The number of carbonyl (C=O) groups excluding carboxylic acids is 2. The van der Waals surface area contributed by atoms with E-state index in [-0.39, 0.29) is 0 Å². The molecule has 0 unspecified atom stereocenters. The minimum Gasteiger partial charge on any atom is -0.381 e. The molecule has 0 saturated carbocycles.